The Bertz CT molecular complexity index is 288. The molecule has 2 rings (SSSR count). The monoisotopic (exact) mass is 195 g/mol. The highest BCUT2D eigenvalue weighted by Crippen LogP contribution is 2.06. The fourth-order valence-corrected chi connectivity index (χ4v) is 1.47. The lowest BCUT2D eigenvalue weighted by Crippen LogP contribution is -2.20. The topological polar surface area (TPSA) is 51.5 Å². The lowest BCUT2D eigenvalue weighted by molar-refractivity contribution is 0.0509. The number of furan rings is 1. The summed E-state index contributed by atoms with van der Waals surface area (Å²) in [6.07, 6.45) is 2.64. The van der Waals surface area contributed by atoms with Crippen molar-refractivity contribution < 1.29 is 13.9 Å². The van der Waals surface area contributed by atoms with Crippen molar-refractivity contribution in [1.29, 1.82) is 0 Å². The Morgan fingerprint density at radius 3 is 3.29 bits per heavy atom. The van der Waals surface area contributed by atoms with Crippen LogP contribution in [0.25, 0.3) is 0 Å². The van der Waals surface area contributed by atoms with Crippen molar-refractivity contribution in [2.45, 2.75) is 12.5 Å². The van der Waals surface area contributed by atoms with Crippen LogP contribution in [-0.4, -0.2) is 31.6 Å². The Morgan fingerprint density at radius 2 is 2.64 bits per heavy atom. The summed E-state index contributed by atoms with van der Waals surface area (Å²) >= 11 is 0. The van der Waals surface area contributed by atoms with Gasteiger partial charge < -0.3 is 14.5 Å². The zero-order valence-corrected chi connectivity index (χ0v) is 7.86. The Hall–Kier alpha value is -1.13. The predicted molar refractivity (Wildman–Crippen MR) is 50.3 cm³/mol. The largest absolute Gasteiger partial charge is 0.461 e. The molecule has 0 bridgehead atoms. The molecule has 0 spiro atoms. The molecule has 2 heterocycles. The Balaban J connectivity index is 1.78. The maximum Gasteiger partial charge on any atom is 0.223 e. The maximum atomic E-state index is 11.4. The fourth-order valence-electron chi connectivity index (χ4n) is 1.47. The van der Waals surface area contributed by atoms with E-state index in [9.17, 15) is 4.79 Å². The Kier molecular flexibility index (Phi) is 2.96. The van der Waals surface area contributed by atoms with Crippen LogP contribution in [0.3, 0.4) is 0 Å². The smallest absolute Gasteiger partial charge is 0.223 e. The van der Waals surface area contributed by atoms with Crippen LogP contribution >= 0.6 is 0 Å². The van der Waals surface area contributed by atoms with Crippen LogP contribution in [0.15, 0.2) is 22.8 Å². The van der Waals surface area contributed by atoms with E-state index in [-0.39, 0.29) is 18.5 Å². The molecule has 0 radical (unpaired) electrons. The molecule has 1 aromatic heterocycles. The minimum Gasteiger partial charge on any atom is -0.461 e. The van der Waals surface area contributed by atoms with Crippen molar-refractivity contribution in [3.05, 3.63) is 24.2 Å². The second-order valence-electron chi connectivity index (χ2n) is 3.33. The Morgan fingerprint density at radius 1 is 1.71 bits per heavy atom. The van der Waals surface area contributed by atoms with Crippen molar-refractivity contribution >= 4 is 5.78 Å². The molecule has 1 saturated heterocycles. The quantitative estimate of drug-likeness (QED) is 0.723. The van der Waals surface area contributed by atoms with Crippen LogP contribution in [-0.2, 0) is 4.74 Å². The number of Topliss-reactive ketones (excluding diaryl/α,β-unsaturated/α-hetero) is 1. The highest BCUT2D eigenvalue weighted by Gasteiger charge is 2.17. The number of carbonyl (C=O) groups is 1. The SMILES string of the molecule is O=C(CO[C@@H]1CCNC1)c1ccco1. The molecule has 1 atom stereocenters. The summed E-state index contributed by atoms with van der Waals surface area (Å²) < 4.78 is 10.4. The average Bonchev–Trinajstić information content (AvgIpc) is 2.87. The third-order valence-electron chi connectivity index (χ3n) is 2.26. The van der Waals surface area contributed by atoms with Crippen LogP contribution in [0.5, 0.6) is 0 Å². The van der Waals surface area contributed by atoms with Gasteiger partial charge in [0, 0.05) is 6.54 Å². The second-order valence-corrected chi connectivity index (χ2v) is 3.33. The summed E-state index contributed by atoms with van der Waals surface area (Å²) in [7, 11) is 0. The van der Waals surface area contributed by atoms with Crippen LogP contribution in [0.1, 0.15) is 17.0 Å². The minimum absolute atomic E-state index is 0.0955. The van der Waals surface area contributed by atoms with Crippen LogP contribution in [0, 0.1) is 0 Å². The molecule has 0 unspecified atom stereocenters. The first kappa shape index (κ1) is 9.43. The molecule has 0 aliphatic carbocycles. The van der Waals surface area contributed by atoms with Crippen molar-refractivity contribution in [2.75, 3.05) is 19.7 Å². The van der Waals surface area contributed by atoms with Gasteiger partial charge in [0.1, 0.15) is 6.61 Å². The van der Waals surface area contributed by atoms with Gasteiger partial charge in [0.25, 0.3) is 0 Å². The van der Waals surface area contributed by atoms with Gasteiger partial charge >= 0.3 is 0 Å². The van der Waals surface area contributed by atoms with E-state index in [1.807, 2.05) is 0 Å². The van der Waals surface area contributed by atoms with E-state index in [1.54, 1.807) is 12.1 Å². The first-order chi connectivity index (χ1) is 6.86. The van der Waals surface area contributed by atoms with Crippen molar-refractivity contribution in [1.82, 2.24) is 5.32 Å². The van der Waals surface area contributed by atoms with Gasteiger partial charge in [-0.1, -0.05) is 0 Å². The molecule has 1 aliphatic rings. The molecule has 1 aliphatic heterocycles. The minimum atomic E-state index is -0.0955. The standard InChI is InChI=1S/C10H13NO3/c12-9(10-2-1-5-13-10)7-14-8-3-4-11-6-8/h1-2,5,8,11H,3-4,6-7H2/t8-/m1/s1. The van der Waals surface area contributed by atoms with Gasteiger partial charge in [-0.25, -0.2) is 0 Å². The molecule has 0 aromatic carbocycles. The molecule has 76 valence electrons. The third kappa shape index (κ3) is 2.21. The molecule has 1 aromatic rings. The highest BCUT2D eigenvalue weighted by molar-refractivity contribution is 5.94. The normalized spacial score (nSPS) is 21.3. The lowest BCUT2D eigenvalue weighted by atomic mass is 10.3. The molecule has 4 nitrogen and oxygen atoms in total. The zero-order valence-electron chi connectivity index (χ0n) is 7.86. The van der Waals surface area contributed by atoms with E-state index >= 15 is 0 Å². The molecule has 4 heteroatoms. The summed E-state index contributed by atoms with van der Waals surface area (Å²) in [6.45, 7) is 1.92. The predicted octanol–water partition coefficient (Wildman–Crippen LogP) is 0.841. The van der Waals surface area contributed by atoms with E-state index in [0.717, 1.165) is 19.5 Å². The first-order valence-corrected chi connectivity index (χ1v) is 4.75. The molecule has 1 fully saturated rings. The number of hydrogen-bond donors (Lipinski definition) is 1. The Labute approximate surface area is 82.2 Å². The van der Waals surface area contributed by atoms with Crippen LogP contribution < -0.4 is 5.32 Å². The summed E-state index contributed by atoms with van der Waals surface area (Å²) in [5.41, 5.74) is 0. The van der Waals surface area contributed by atoms with E-state index in [0.29, 0.717) is 5.76 Å². The van der Waals surface area contributed by atoms with E-state index < -0.39 is 0 Å². The number of carbonyl (C=O) groups excluding carboxylic acids is 1. The summed E-state index contributed by atoms with van der Waals surface area (Å²) in [4.78, 5) is 11.4. The van der Waals surface area contributed by atoms with Crippen molar-refractivity contribution in [3.63, 3.8) is 0 Å². The van der Waals surface area contributed by atoms with Gasteiger partial charge in [0.2, 0.25) is 5.78 Å². The first-order valence-electron chi connectivity index (χ1n) is 4.75. The number of ketones is 1. The summed E-state index contributed by atoms with van der Waals surface area (Å²) in [5.74, 6) is 0.276. The van der Waals surface area contributed by atoms with E-state index in [1.165, 1.54) is 6.26 Å². The zero-order chi connectivity index (χ0) is 9.80. The maximum absolute atomic E-state index is 11.4. The van der Waals surface area contributed by atoms with Gasteiger partial charge in [-0.3, -0.25) is 4.79 Å². The molecular formula is C10H13NO3. The number of ether oxygens (including phenoxy) is 1. The van der Waals surface area contributed by atoms with Crippen LogP contribution in [0.2, 0.25) is 0 Å². The number of nitrogens with one attached hydrogen (secondary N) is 1. The van der Waals surface area contributed by atoms with Crippen LogP contribution in [0.4, 0.5) is 0 Å². The van der Waals surface area contributed by atoms with Gasteiger partial charge in [0.15, 0.2) is 5.76 Å². The van der Waals surface area contributed by atoms with E-state index in [4.69, 9.17) is 9.15 Å². The molecule has 0 saturated carbocycles. The second kappa shape index (κ2) is 4.39. The average molecular weight is 195 g/mol. The number of rotatable bonds is 4. The van der Waals surface area contributed by atoms with Gasteiger partial charge in [-0.05, 0) is 25.1 Å². The van der Waals surface area contributed by atoms with Crippen molar-refractivity contribution in [3.8, 4) is 0 Å². The molecule has 0 amide bonds. The van der Waals surface area contributed by atoms with E-state index in [2.05, 4.69) is 5.32 Å². The fraction of sp³-hybridized carbons (Fsp3) is 0.500. The summed E-state index contributed by atoms with van der Waals surface area (Å²) in [5, 5.41) is 3.17. The lowest BCUT2D eigenvalue weighted by Gasteiger charge is -2.08. The van der Waals surface area contributed by atoms with Gasteiger partial charge in [-0.2, -0.15) is 0 Å². The van der Waals surface area contributed by atoms with Gasteiger partial charge in [-0.15, -0.1) is 0 Å². The molecule has 1 N–H and O–H groups in total. The molecular weight excluding hydrogens is 182 g/mol. The third-order valence-corrected chi connectivity index (χ3v) is 2.26. The van der Waals surface area contributed by atoms with Gasteiger partial charge in [0.05, 0.1) is 12.4 Å². The van der Waals surface area contributed by atoms with Crippen molar-refractivity contribution in [2.24, 2.45) is 0 Å². The molecule has 14 heavy (non-hydrogen) atoms. The number of hydrogen-bond acceptors (Lipinski definition) is 4. The summed E-state index contributed by atoms with van der Waals surface area (Å²) in [6, 6.07) is 3.35. The highest BCUT2D eigenvalue weighted by atomic mass is 16.5.